The van der Waals surface area contributed by atoms with Gasteiger partial charge in [0.05, 0.1) is 7.11 Å². The van der Waals surface area contributed by atoms with Crippen LogP contribution in [0.2, 0.25) is 0 Å². The van der Waals surface area contributed by atoms with Crippen molar-refractivity contribution in [3.05, 3.63) is 29.3 Å². The Morgan fingerprint density at radius 1 is 1.38 bits per heavy atom. The average molecular weight is 300 g/mol. The molecular weight excluding hydrogens is 278 g/mol. The van der Waals surface area contributed by atoms with Crippen LogP contribution in [0.3, 0.4) is 0 Å². The lowest BCUT2D eigenvalue weighted by Crippen LogP contribution is -2.51. The number of hydrogen-bond acceptors (Lipinski definition) is 4. The highest BCUT2D eigenvalue weighted by molar-refractivity contribution is 5.37. The highest BCUT2D eigenvalue weighted by Gasteiger charge is 2.44. The Bertz CT molecular complexity index is 477. The molecule has 21 heavy (non-hydrogen) atoms. The van der Waals surface area contributed by atoms with Crippen LogP contribution in [-0.4, -0.2) is 55.8 Å². The minimum Gasteiger partial charge on any atom is -0.497 e. The van der Waals surface area contributed by atoms with E-state index < -0.39 is 18.6 Å². The maximum absolute atomic E-state index is 14.3. The summed E-state index contributed by atoms with van der Waals surface area (Å²) in [5.74, 6) is -2.54. The van der Waals surface area contributed by atoms with Crippen LogP contribution in [-0.2, 0) is 0 Å². The zero-order valence-corrected chi connectivity index (χ0v) is 12.4. The lowest BCUT2D eigenvalue weighted by molar-refractivity contribution is -0.118. The average Bonchev–Trinajstić information content (AvgIpc) is 2.50. The minimum atomic E-state index is -3.18. The molecule has 0 amide bonds. The van der Waals surface area contributed by atoms with E-state index in [1.807, 2.05) is 0 Å². The van der Waals surface area contributed by atoms with Crippen LogP contribution in [0.5, 0.6) is 5.75 Å². The fourth-order valence-corrected chi connectivity index (χ4v) is 2.80. The van der Waals surface area contributed by atoms with Gasteiger partial charge >= 0.3 is 0 Å². The van der Waals surface area contributed by atoms with Crippen molar-refractivity contribution >= 4 is 0 Å². The molecule has 2 N–H and O–H groups in total. The SMILES string of the molecule is COc1ccc([C@@H](N2CCNCC2)C(F)(F)CO)c(C)c1. The van der Waals surface area contributed by atoms with Gasteiger partial charge < -0.3 is 15.2 Å². The lowest BCUT2D eigenvalue weighted by Gasteiger charge is -2.39. The van der Waals surface area contributed by atoms with Crippen molar-refractivity contribution in [1.29, 1.82) is 0 Å². The lowest BCUT2D eigenvalue weighted by atomic mass is 9.94. The third-order valence-electron chi connectivity index (χ3n) is 3.90. The van der Waals surface area contributed by atoms with E-state index in [0.717, 1.165) is 5.56 Å². The van der Waals surface area contributed by atoms with Crippen molar-refractivity contribution in [2.75, 3.05) is 39.9 Å². The van der Waals surface area contributed by atoms with Gasteiger partial charge in [0.1, 0.15) is 18.4 Å². The molecule has 1 aliphatic rings. The number of rotatable bonds is 5. The number of nitrogens with one attached hydrogen (secondary N) is 1. The maximum atomic E-state index is 14.3. The second kappa shape index (κ2) is 6.68. The quantitative estimate of drug-likeness (QED) is 0.866. The van der Waals surface area contributed by atoms with E-state index >= 15 is 0 Å². The summed E-state index contributed by atoms with van der Waals surface area (Å²) < 4.78 is 33.7. The highest BCUT2D eigenvalue weighted by Crippen LogP contribution is 2.38. The number of nitrogens with zero attached hydrogens (tertiary/aromatic N) is 1. The predicted octanol–water partition coefficient (Wildman–Crippen LogP) is 1.58. The van der Waals surface area contributed by atoms with E-state index in [9.17, 15) is 8.78 Å². The smallest absolute Gasteiger partial charge is 0.289 e. The number of piperazine rings is 1. The van der Waals surface area contributed by atoms with Crippen LogP contribution in [0.15, 0.2) is 18.2 Å². The summed E-state index contributed by atoms with van der Waals surface area (Å²) >= 11 is 0. The zero-order valence-electron chi connectivity index (χ0n) is 12.4. The molecule has 1 aliphatic heterocycles. The molecule has 1 fully saturated rings. The third kappa shape index (κ3) is 3.51. The maximum Gasteiger partial charge on any atom is 0.289 e. The third-order valence-corrected chi connectivity index (χ3v) is 3.90. The number of methoxy groups -OCH3 is 1. The van der Waals surface area contributed by atoms with Crippen molar-refractivity contribution in [2.24, 2.45) is 0 Å². The summed E-state index contributed by atoms with van der Waals surface area (Å²) in [6.45, 7) is 3.05. The Kier molecular flexibility index (Phi) is 5.13. The summed E-state index contributed by atoms with van der Waals surface area (Å²) in [7, 11) is 1.55. The first-order valence-electron chi connectivity index (χ1n) is 7.07. The van der Waals surface area contributed by atoms with Gasteiger partial charge in [-0.1, -0.05) is 6.07 Å². The normalized spacial score (nSPS) is 18.5. The van der Waals surface area contributed by atoms with Crippen LogP contribution in [0.25, 0.3) is 0 Å². The van der Waals surface area contributed by atoms with Gasteiger partial charge in [0.25, 0.3) is 5.92 Å². The van der Waals surface area contributed by atoms with E-state index in [4.69, 9.17) is 9.84 Å². The number of aliphatic hydroxyl groups is 1. The molecule has 0 spiro atoms. The van der Waals surface area contributed by atoms with Gasteiger partial charge in [-0.15, -0.1) is 0 Å². The number of halogens is 2. The molecule has 4 nitrogen and oxygen atoms in total. The second-order valence-electron chi connectivity index (χ2n) is 5.33. The second-order valence-corrected chi connectivity index (χ2v) is 5.33. The molecule has 0 unspecified atom stereocenters. The van der Waals surface area contributed by atoms with Crippen molar-refractivity contribution < 1.29 is 18.6 Å². The van der Waals surface area contributed by atoms with Gasteiger partial charge in [0, 0.05) is 26.2 Å². The van der Waals surface area contributed by atoms with E-state index in [1.165, 1.54) is 0 Å². The molecule has 0 aromatic heterocycles. The molecule has 1 aromatic rings. The van der Waals surface area contributed by atoms with Crippen LogP contribution in [0.1, 0.15) is 17.2 Å². The Hall–Kier alpha value is -1.24. The Labute approximate surface area is 123 Å². The summed E-state index contributed by atoms with van der Waals surface area (Å²) in [5, 5.41) is 12.3. The molecule has 1 atom stereocenters. The van der Waals surface area contributed by atoms with Crippen molar-refractivity contribution in [3.63, 3.8) is 0 Å². The van der Waals surface area contributed by atoms with Gasteiger partial charge in [-0.2, -0.15) is 0 Å². The van der Waals surface area contributed by atoms with Crippen molar-refractivity contribution in [3.8, 4) is 5.75 Å². The summed E-state index contributed by atoms with van der Waals surface area (Å²) in [4.78, 5) is 1.74. The number of hydrogen-bond donors (Lipinski definition) is 2. The molecule has 6 heteroatoms. The van der Waals surface area contributed by atoms with E-state index in [2.05, 4.69) is 5.32 Å². The number of aliphatic hydroxyl groups excluding tert-OH is 1. The largest absolute Gasteiger partial charge is 0.497 e. The minimum absolute atomic E-state index is 0.533. The predicted molar refractivity (Wildman–Crippen MR) is 76.9 cm³/mol. The zero-order chi connectivity index (χ0) is 15.5. The van der Waals surface area contributed by atoms with Gasteiger partial charge in [-0.25, -0.2) is 8.78 Å². The summed E-state index contributed by atoms with van der Waals surface area (Å²) in [6.07, 6.45) is 0. The van der Waals surface area contributed by atoms with E-state index in [-0.39, 0.29) is 0 Å². The van der Waals surface area contributed by atoms with Crippen molar-refractivity contribution in [1.82, 2.24) is 10.2 Å². The Morgan fingerprint density at radius 2 is 2.05 bits per heavy atom. The van der Waals surface area contributed by atoms with E-state index in [1.54, 1.807) is 37.1 Å². The molecule has 2 rings (SSSR count). The standard InChI is InChI=1S/C15H22F2N2O2/c1-11-9-12(21-2)3-4-13(11)14(15(16,17)10-20)19-7-5-18-6-8-19/h3-4,9,14,18,20H,5-8,10H2,1-2H3/t14-/m1/s1. The molecule has 1 heterocycles. The molecule has 0 bridgehead atoms. The summed E-state index contributed by atoms with van der Waals surface area (Å²) in [5.41, 5.74) is 1.28. The first-order chi connectivity index (χ1) is 9.99. The number of benzene rings is 1. The van der Waals surface area contributed by atoms with Crippen LogP contribution in [0.4, 0.5) is 8.78 Å². The Balaban J connectivity index is 2.39. The topological polar surface area (TPSA) is 44.7 Å². The Morgan fingerprint density at radius 3 is 2.57 bits per heavy atom. The van der Waals surface area contributed by atoms with Crippen LogP contribution < -0.4 is 10.1 Å². The molecule has 0 saturated carbocycles. The molecular formula is C15H22F2N2O2. The molecule has 0 radical (unpaired) electrons. The molecule has 1 saturated heterocycles. The molecule has 0 aliphatic carbocycles. The van der Waals surface area contributed by atoms with Gasteiger partial charge in [-0.05, 0) is 30.2 Å². The first-order valence-corrected chi connectivity index (χ1v) is 7.07. The number of alkyl halides is 2. The molecule has 118 valence electrons. The first kappa shape index (κ1) is 16.1. The highest BCUT2D eigenvalue weighted by atomic mass is 19.3. The van der Waals surface area contributed by atoms with Crippen LogP contribution in [0, 0.1) is 6.92 Å². The van der Waals surface area contributed by atoms with Crippen molar-refractivity contribution in [2.45, 2.75) is 18.9 Å². The number of ether oxygens (including phenoxy) is 1. The number of aryl methyl sites for hydroxylation is 1. The van der Waals surface area contributed by atoms with Gasteiger partial charge in [0.2, 0.25) is 0 Å². The van der Waals surface area contributed by atoms with Gasteiger partial charge in [0.15, 0.2) is 0 Å². The molecule has 1 aromatic carbocycles. The van der Waals surface area contributed by atoms with E-state index in [0.29, 0.717) is 37.5 Å². The fourth-order valence-electron chi connectivity index (χ4n) is 2.80. The van der Waals surface area contributed by atoms with Gasteiger partial charge in [-0.3, -0.25) is 4.90 Å². The summed E-state index contributed by atoms with van der Waals surface area (Å²) in [6, 6.07) is 3.99. The van der Waals surface area contributed by atoms with Crippen LogP contribution >= 0.6 is 0 Å². The monoisotopic (exact) mass is 300 g/mol. The fraction of sp³-hybridized carbons (Fsp3) is 0.600.